The maximum Gasteiger partial charge on any atom is 0.377 e. The molecule has 0 atom stereocenters. The third-order valence-electron chi connectivity index (χ3n) is 2.43. The predicted molar refractivity (Wildman–Crippen MR) is 47.2 cm³/mol. The standard InChI is InChI=1S/C8H11N3O4/c9-8(1-3-14-4-2-8)7-10-5(6(12)13)11-15-7/h1-4,9H2,(H,12,13). The fourth-order valence-electron chi connectivity index (χ4n) is 1.46. The van der Waals surface area contributed by atoms with E-state index in [0.29, 0.717) is 26.1 Å². The molecule has 1 fully saturated rings. The van der Waals surface area contributed by atoms with Crippen LogP contribution in [0.5, 0.6) is 0 Å². The lowest BCUT2D eigenvalue weighted by Crippen LogP contribution is -2.42. The highest BCUT2D eigenvalue weighted by Crippen LogP contribution is 2.27. The number of carboxylic acids is 1. The van der Waals surface area contributed by atoms with Crippen molar-refractivity contribution in [1.29, 1.82) is 0 Å². The molecule has 7 heteroatoms. The van der Waals surface area contributed by atoms with E-state index in [9.17, 15) is 4.79 Å². The largest absolute Gasteiger partial charge is 0.475 e. The van der Waals surface area contributed by atoms with Crippen LogP contribution in [0, 0.1) is 0 Å². The van der Waals surface area contributed by atoms with Crippen LogP contribution >= 0.6 is 0 Å². The number of aromatic carboxylic acids is 1. The number of hydrogen-bond donors (Lipinski definition) is 2. The topological polar surface area (TPSA) is 111 Å². The molecule has 0 amide bonds. The van der Waals surface area contributed by atoms with Crippen LogP contribution in [0.25, 0.3) is 0 Å². The van der Waals surface area contributed by atoms with E-state index in [0.717, 1.165) is 0 Å². The van der Waals surface area contributed by atoms with Gasteiger partial charge in [0.25, 0.3) is 5.82 Å². The molecule has 7 nitrogen and oxygen atoms in total. The summed E-state index contributed by atoms with van der Waals surface area (Å²) in [5.74, 6) is -1.41. The van der Waals surface area contributed by atoms with Crippen LogP contribution in [0.15, 0.2) is 4.52 Å². The van der Waals surface area contributed by atoms with E-state index in [4.69, 9.17) is 20.1 Å². The van der Waals surface area contributed by atoms with Gasteiger partial charge in [0.2, 0.25) is 5.89 Å². The maximum atomic E-state index is 10.6. The summed E-state index contributed by atoms with van der Waals surface area (Å²) in [6.07, 6.45) is 1.10. The first-order valence-corrected chi connectivity index (χ1v) is 4.56. The summed E-state index contributed by atoms with van der Waals surface area (Å²) in [5.41, 5.74) is 5.27. The van der Waals surface area contributed by atoms with Gasteiger partial charge < -0.3 is 20.1 Å². The molecule has 2 heterocycles. The van der Waals surface area contributed by atoms with Crippen molar-refractivity contribution in [2.45, 2.75) is 18.4 Å². The van der Waals surface area contributed by atoms with Gasteiger partial charge in [-0.15, -0.1) is 0 Å². The van der Waals surface area contributed by atoms with Gasteiger partial charge in [-0.2, -0.15) is 4.98 Å². The molecule has 0 bridgehead atoms. The highest BCUT2D eigenvalue weighted by molar-refractivity contribution is 5.82. The molecule has 0 saturated carbocycles. The maximum absolute atomic E-state index is 10.6. The van der Waals surface area contributed by atoms with Gasteiger partial charge in [0.05, 0.1) is 0 Å². The first-order chi connectivity index (χ1) is 7.12. The summed E-state index contributed by atoms with van der Waals surface area (Å²) in [6, 6.07) is 0. The van der Waals surface area contributed by atoms with Crippen LogP contribution in [-0.4, -0.2) is 34.4 Å². The monoisotopic (exact) mass is 213 g/mol. The van der Waals surface area contributed by atoms with Gasteiger partial charge >= 0.3 is 5.97 Å². The number of ether oxygens (including phenoxy) is 1. The van der Waals surface area contributed by atoms with E-state index in [1.807, 2.05) is 0 Å². The van der Waals surface area contributed by atoms with Gasteiger partial charge in [-0.1, -0.05) is 0 Å². The number of carboxylic acid groups (broad SMARTS) is 1. The van der Waals surface area contributed by atoms with Crippen LogP contribution in [0.4, 0.5) is 0 Å². The molecule has 15 heavy (non-hydrogen) atoms. The van der Waals surface area contributed by atoms with Gasteiger partial charge in [-0.05, 0) is 18.0 Å². The first kappa shape index (κ1) is 10.1. The van der Waals surface area contributed by atoms with Crippen molar-refractivity contribution >= 4 is 5.97 Å². The molecule has 1 aliphatic heterocycles. The van der Waals surface area contributed by atoms with E-state index >= 15 is 0 Å². The zero-order chi connectivity index (χ0) is 10.9. The number of carbonyl (C=O) groups is 1. The zero-order valence-electron chi connectivity index (χ0n) is 7.97. The molecular weight excluding hydrogens is 202 g/mol. The van der Waals surface area contributed by atoms with Crippen molar-refractivity contribution in [3.05, 3.63) is 11.7 Å². The lowest BCUT2D eigenvalue weighted by Gasteiger charge is -2.29. The van der Waals surface area contributed by atoms with Crippen molar-refractivity contribution in [3.63, 3.8) is 0 Å². The van der Waals surface area contributed by atoms with Gasteiger partial charge in [0.1, 0.15) is 5.54 Å². The van der Waals surface area contributed by atoms with Crippen LogP contribution < -0.4 is 5.73 Å². The summed E-state index contributed by atoms with van der Waals surface area (Å²) in [6.45, 7) is 1.03. The molecule has 0 unspecified atom stereocenters. The molecule has 1 saturated heterocycles. The minimum absolute atomic E-state index is 0.170. The Balaban J connectivity index is 2.23. The third kappa shape index (κ3) is 1.83. The molecule has 82 valence electrons. The molecular formula is C8H11N3O4. The summed E-state index contributed by atoms with van der Waals surface area (Å²) in [7, 11) is 0. The van der Waals surface area contributed by atoms with Crippen molar-refractivity contribution in [2.75, 3.05) is 13.2 Å². The molecule has 1 aliphatic rings. The van der Waals surface area contributed by atoms with Crippen LogP contribution in [0.2, 0.25) is 0 Å². The normalized spacial score (nSPS) is 20.1. The Morgan fingerprint density at radius 1 is 1.47 bits per heavy atom. The second kappa shape index (κ2) is 3.59. The van der Waals surface area contributed by atoms with Crippen molar-refractivity contribution < 1.29 is 19.2 Å². The van der Waals surface area contributed by atoms with Gasteiger partial charge in [0.15, 0.2) is 0 Å². The molecule has 1 aromatic rings. The number of nitrogens with zero attached hydrogens (tertiary/aromatic N) is 2. The summed E-state index contributed by atoms with van der Waals surface area (Å²) < 4.78 is 10.0. The van der Waals surface area contributed by atoms with Gasteiger partial charge in [-0.25, -0.2) is 4.79 Å². The van der Waals surface area contributed by atoms with Crippen molar-refractivity contribution in [2.24, 2.45) is 5.73 Å². The molecule has 0 radical (unpaired) electrons. The quantitative estimate of drug-likeness (QED) is 0.695. The second-order valence-corrected chi connectivity index (χ2v) is 3.50. The Labute approximate surface area is 85.2 Å². The third-order valence-corrected chi connectivity index (χ3v) is 2.43. The van der Waals surface area contributed by atoms with E-state index in [-0.39, 0.29) is 11.7 Å². The summed E-state index contributed by atoms with van der Waals surface area (Å²) in [4.78, 5) is 14.3. The first-order valence-electron chi connectivity index (χ1n) is 4.56. The Morgan fingerprint density at radius 2 is 2.13 bits per heavy atom. The lowest BCUT2D eigenvalue weighted by molar-refractivity contribution is 0.0400. The number of rotatable bonds is 2. The Morgan fingerprint density at radius 3 is 2.67 bits per heavy atom. The van der Waals surface area contributed by atoms with E-state index < -0.39 is 11.5 Å². The van der Waals surface area contributed by atoms with Crippen LogP contribution in [-0.2, 0) is 10.3 Å². The smallest absolute Gasteiger partial charge is 0.377 e. The number of aromatic nitrogens is 2. The Kier molecular flexibility index (Phi) is 2.41. The molecule has 0 aromatic carbocycles. The second-order valence-electron chi connectivity index (χ2n) is 3.50. The number of nitrogens with two attached hydrogens (primary N) is 1. The zero-order valence-corrected chi connectivity index (χ0v) is 7.97. The van der Waals surface area contributed by atoms with Crippen molar-refractivity contribution in [1.82, 2.24) is 10.1 Å². The molecule has 1 aromatic heterocycles. The molecule has 0 aliphatic carbocycles. The predicted octanol–water partition coefficient (Wildman–Crippen LogP) is -0.268. The molecule has 3 N–H and O–H groups in total. The average molecular weight is 213 g/mol. The van der Waals surface area contributed by atoms with Crippen LogP contribution in [0.1, 0.15) is 29.4 Å². The van der Waals surface area contributed by atoms with E-state index in [1.165, 1.54) is 0 Å². The molecule has 0 spiro atoms. The van der Waals surface area contributed by atoms with Gasteiger partial charge in [0, 0.05) is 13.2 Å². The minimum atomic E-state index is -1.22. The molecule has 2 rings (SSSR count). The SMILES string of the molecule is NC1(c2nc(C(=O)O)no2)CCOCC1. The highest BCUT2D eigenvalue weighted by atomic mass is 16.5. The average Bonchev–Trinajstić information content (AvgIpc) is 2.68. The van der Waals surface area contributed by atoms with Gasteiger partial charge in [-0.3, -0.25) is 0 Å². The summed E-state index contributed by atoms with van der Waals surface area (Å²) >= 11 is 0. The van der Waals surface area contributed by atoms with E-state index in [2.05, 4.69) is 10.1 Å². The van der Waals surface area contributed by atoms with E-state index in [1.54, 1.807) is 0 Å². The highest BCUT2D eigenvalue weighted by Gasteiger charge is 2.36. The minimum Gasteiger partial charge on any atom is -0.475 e. The number of hydrogen-bond acceptors (Lipinski definition) is 6. The van der Waals surface area contributed by atoms with Crippen molar-refractivity contribution in [3.8, 4) is 0 Å². The lowest BCUT2D eigenvalue weighted by atomic mass is 9.91. The Hall–Kier alpha value is -1.47. The summed E-state index contributed by atoms with van der Waals surface area (Å²) in [5, 5.41) is 12.0. The fourth-order valence-corrected chi connectivity index (χ4v) is 1.46. The van der Waals surface area contributed by atoms with Crippen LogP contribution in [0.3, 0.4) is 0 Å². The fraction of sp³-hybridized carbons (Fsp3) is 0.625. The Bertz CT molecular complexity index is 370.